The number of aromatic nitrogens is 4. The smallest absolute Gasteiger partial charge is 0.419 e. The van der Waals surface area contributed by atoms with Crippen molar-refractivity contribution in [3.63, 3.8) is 0 Å². The molecule has 3 aromatic rings. The molecular weight excluding hydrogens is 475 g/mol. The minimum atomic E-state index is -4.47. The number of hydrogen-bond acceptors (Lipinski definition) is 9. The van der Waals surface area contributed by atoms with Crippen LogP contribution in [0.4, 0.5) is 30.9 Å². The molecule has 1 aromatic carbocycles. The van der Waals surface area contributed by atoms with Gasteiger partial charge in [-0.3, -0.25) is 0 Å². The monoisotopic (exact) mass is 501 g/mol. The summed E-state index contributed by atoms with van der Waals surface area (Å²) in [4.78, 5) is 23.8. The van der Waals surface area contributed by atoms with Gasteiger partial charge in [-0.15, -0.1) is 0 Å². The highest BCUT2D eigenvalue weighted by molar-refractivity contribution is 5.64. The first-order chi connectivity index (χ1) is 17.4. The third-order valence-corrected chi connectivity index (χ3v) is 6.24. The molecule has 190 valence electrons. The van der Waals surface area contributed by atoms with Crippen LogP contribution in [0, 0.1) is 0 Å². The molecule has 0 bridgehead atoms. The maximum Gasteiger partial charge on any atom is 0.419 e. The van der Waals surface area contributed by atoms with E-state index in [2.05, 4.69) is 4.98 Å². The van der Waals surface area contributed by atoms with Gasteiger partial charge in [-0.25, -0.2) is 4.98 Å². The fourth-order valence-corrected chi connectivity index (χ4v) is 4.30. The summed E-state index contributed by atoms with van der Waals surface area (Å²) in [7, 11) is 0. The van der Waals surface area contributed by atoms with E-state index in [1.165, 1.54) is 12.3 Å². The molecular formula is C24H26F3N7O2. The Morgan fingerprint density at radius 2 is 1.64 bits per heavy atom. The molecule has 12 heteroatoms. The van der Waals surface area contributed by atoms with E-state index in [-0.39, 0.29) is 12.6 Å². The third-order valence-electron chi connectivity index (χ3n) is 6.24. The second kappa shape index (κ2) is 9.67. The van der Waals surface area contributed by atoms with E-state index in [4.69, 9.17) is 24.4 Å². The van der Waals surface area contributed by atoms with Crippen molar-refractivity contribution in [2.24, 2.45) is 0 Å². The summed E-state index contributed by atoms with van der Waals surface area (Å²) in [5.74, 6) is 2.77. The van der Waals surface area contributed by atoms with Crippen molar-refractivity contribution in [3.05, 3.63) is 42.1 Å². The lowest BCUT2D eigenvalue weighted by molar-refractivity contribution is -0.137. The van der Waals surface area contributed by atoms with Crippen LogP contribution in [-0.4, -0.2) is 66.0 Å². The number of rotatable bonds is 6. The molecule has 2 aliphatic rings. The van der Waals surface area contributed by atoms with Gasteiger partial charge in [0.1, 0.15) is 5.82 Å². The second-order valence-corrected chi connectivity index (χ2v) is 8.35. The fraction of sp³-hybridized carbons (Fsp3) is 0.417. The number of piperazine rings is 1. The Kier molecular flexibility index (Phi) is 6.42. The van der Waals surface area contributed by atoms with Gasteiger partial charge in [0, 0.05) is 51.0 Å². The van der Waals surface area contributed by atoms with Crippen LogP contribution in [0.25, 0.3) is 11.4 Å². The predicted molar refractivity (Wildman–Crippen MR) is 129 cm³/mol. The summed E-state index contributed by atoms with van der Waals surface area (Å²) in [6.07, 6.45) is -3.08. The van der Waals surface area contributed by atoms with Crippen molar-refractivity contribution in [1.29, 1.82) is 0 Å². The number of ether oxygens (including phenoxy) is 2. The number of anilines is 3. The lowest BCUT2D eigenvalue weighted by Gasteiger charge is -2.36. The molecule has 1 fully saturated rings. The van der Waals surface area contributed by atoms with Gasteiger partial charge in [0.2, 0.25) is 18.7 Å². The molecule has 0 amide bonds. The van der Waals surface area contributed by atoms with E-state index in [1.807, 2.05) is 41.8 Å². The summed E-state index contributed by atoms with van der Waals surface area (Å²) in [6.45, 7) is 7.24. The number of hydrogen-bond donors (Lipinski definition) is 0. The lowest BCUT2D eigenvalue weighted by atomic mass is 10.2. The van der Waals surface area contributed by atoms with E-state index in [9.17, 15) is 13.2 Å². The van der Waals surface area contributed by atoms with E-state index in [0.29, 0.717) is 68.5 Å². The minimum absolute atomic E-state index is 0.0508. The Morgan fingerprint density at radius 1 is 0.917 bits per heavy atom. The molecule has 0 radical (unpaired) electrons. The number of alkyl halides is 3. The van der Waals surface area contributed by atoms with Gasteiger partial charge in [0.15, 0.2) is 17.3 Å². The number of pyridine rings is 1. The highest BCUT2D eigenvalue weighted by atomic mass is 19.4. The quantitative estimate of drug-likeness (QED) is 0.500. The Labute approximate surface area is 206 Å². The van der Waals surface area contributed by atoms with Crippen LogP contribution in [0.3, 0.4) is 0 Å². The number of fused-ring (bicyclic) bond motifs is 1. The van der Waals surface area contributed by atoms with Gasteiger partial charge in [0.05, 0.1) is 5.56 Å². The molecule has 1 saturated heterocycles. The Balaban J connectivity index is 1.43. The van der Waals surface area contributed by atoms with Crippen LogP contribution in [0.1, 0.15) is 19.4 Å². The maximum absolute atomic E-state index is 13.5. The summed E-state index contributed by atoms with van der Waals surface area (Å²) in [5, 5.41) is 0. The van der Waals surface area contributed by atoms with Crippen molar-refractivity contribution in [3.8, 4) is 22.9 Å². The second-order valence-electron chi connectivity index (χ2n) is 8.35. The van der Waals surface area contributed by atoms with Crippen molar-refractivity contribution in [2.45, 2.75) is 20.0 Å². The van der Waals surface area contributed by atoms with E-state index in [0.717, 1.165) is 11.6 Å². The van der Waals surface area contributed by atoms with Crippen LogP contribution >= 0.6 is 0 Å². The van der Waals surface area contributed by atoms with Crippen LogP contribution in [-0.2, 0) is 6.18 Å². The van der Waals surface area contributed by atoms with Crippen LogP contribution in [0.2, 0.25) is 0 Å². The molecule has 5 rings (SSSR count). The first kappa shape index (κ1) is 23.9. The molecule has 2 aromatic heterocycles. The molecule has 36 heavy (non-hydrogen) atoms. The highest BCUT2D eigenvalue weighted by Crippen LogP contribution is 2.37. The summed E-state index contributed by atoms with van der Waals surface area (Å²) >= 11 is 0. The number of benzene rings is 1. The van der Waals surface area contributed by atoms with Gasteiger partial charge in [-0.1, -0.05) is 0 Å². The molecule has 0 saturated carbocycles. The third kappa shape index (κ3) is 4.67. The largest absolute Gasteiger partial charge is 0.454 e. The van der Waals surface area contributed by atoms with Crippen molar-refractivity contribution < 1.29 is 22.6 Å². The fourth-order valence-electron chi connectivity index (χ4n) is 4.30. The van der Waals surface area contributed by atoms with E-state index < -0.39 is 11.7 Å². The van der Waals surface area contributed by atoms with E-state index >= 15 is 0 Å². The first-order valence-electron chi connectivity index (χ1n) is 11.8. The lowest BCUT2D eigenvalue weighted by Crippen LogP contribution is -2.48. The normalized spacial score (nSPS) is 15.4. The van der Waals surface area contributed by atoms with Crippen molar-refractivity contribution in [2.75, 3.05) is 60.8 Å². The highest BCUT2D eigenvalue weighted by Gasteiger charge is 2.36. The number of nitrogens with zero attached hydrogens (tertiary/aromatic N) is 7. The molecule has 0 N–H and O–H groups in total. The number of halogens is 3. The van der Waals surface area contributed by atoms with Crippen LogP contribution < -0.4 is 24.2 Å². The summed E-state index contributed by atoms with van der Waals surface area (Å²) in [5.41, 5.74) is 0.0331. The standard InChI is InChI=1S/C24H26F3N7O2/c1-3-32(4-2)22-29-20(16-7-8-18-19(14-16)36-15-35-18)30-23(31-22)34-12-10-33(11-13-34)21-17(24(25,26)27)6-5-9-28-21/h5-9,14H,3-4,10-13,15H2,1-2H3. The zero-order chi connectivity index (χ0) is 25.3. The summed E-state index contributed by atoms with van der Waals surface area (Å²) < 4.78 is 51.4. The molecule has 0 aliphatic carbocycles. The van der Waals surface area contributed by atoms with Crippen molar-refractivity contribution in [1.82, 2.24) is 19.9 Å². The van der Waals surface area contributed by atoms with Gasteiger partial charge in [-0.05, 0) is 44.2 Å². The SMILES string of the molecule is CCN(CC)c1nc(-c2ccc3c(c2)OCO3)nc(N2CCN(c3ncccc3C(F)(F)F)CC2)n1. The Hall–Kier alpha value is -3.83. The van der Waals surface area contributed by atoms with Gasteiger partial charge in [-0.2, -0.15) is 28.1 Å². The maximum atomic E-state index is 13.5. The average Bonchev–Trinajstić information content (AvgIpc) is 3.37. The molecule has 0 unspecified atom stereocenters. The topological polar surface area (TPSA) is 79.7 Å². The van der Waals surface area contributed by atoms with Gasteiger partial charge >= 0.3 is 6.18 Å². The average molecular weight is 502 g/mol. The minimum Gasteiger partial charge on any atom is -0.454 e. The summed E-state index contributed by atoms with van der Waals surface area (Å²) in [6, 6.07) is 7.90. The first-order valence-corrected chi connectivity index (χ1v) is 11.8. The van der Waals surface area contributed by atoms with Gasteiger partial charge in [0.25, 0.3) is 0 Å². The Morgan fingerprint density at radius 3 is 2.36 bits per heavy atom. The molecule has 2 aliphatic heterocycles. The predicted octanol–water partition coefficient (Wildman–Crippen LogP) is 3.85. The van der Waals surface area contributed by atoms with Crippen molar-refractivity contribution >= 4 is 17.7 Å². The molecule has 4 heterocycles. The molecule has 9 nitrogen and oxygen atoms in total. The Bertz CT molecular complexity index is 1230. The molecule has 0 atom stereocenters. The van der Waals surface area contributed by atoms with Gasteiger partial charge < -0.3 is 24.2 Å². The molecule has 0 spiro atoms. The zero-order valence-corrected chi connectivity index (χ0v) is 20.0. The van der Waals surface area contributed by atoms with Crippen LogP contribution in [0.5, 0.6) is 11.5 Å². The van der Waals surface area contributed by atoms with Crippen LogP contribution in [0.15, 0.2) is 36.5 Å². The van der Waals surface area contributed by atoms with E-state index in [1.54, 1.807) is 4.90 Å². The zero-order valence-electron chi connectivity index (χ0n) is 20.0.